The first kappa shape index (κ1) is 26.4. The molecular formula is C25H27N3O5S2. The number of carbonyl (C=O) groups is 3. The number of benzene rings is 2. The Morgan fingerprint density at radius 3 is 2.34 bits per heavy atom. The second-order valence-corrected chi connectivity index (χ2v) is 10.2. The van der Waals surface area contributed by atoms with Crippen LogP contribution in [-0.2, 0) is 19.1 Å². The summed E-state index contributed by atoms with van der Waals surface area (Å²) in [6, 6.07) is 16.6. The van der Waals surface area contributed by atoms with Gasteiger partial charge in [0, 0.05) is 0 Å². The fraction of sp³-hybridized carbons (Fsp3) is 0.280. The molecule has 3 unspecified atom stereocenters. The highest BCUT2D eigenvalue weighted by atomic mass is 33.1. The molecule has 1 heterocycles. The normalized spacial score (nSPS) is 18.3. The number of likely N-dealkylation sites (tertiary alicyclic amines) is 1. The molecule has 1 aliphatic rings. The lowest BCUT2D eigenvalue weighted by atomic mass is 9.99. The van der Waals surface area contributed by atoms with Crippen LogP contribution in [0.4, 0.5) is 5.69 Å². The Hall–Kier alpha value is -3.24. The average molecular weight is 514 g/mol. The summed E-state index contributed by atoms with van der Waals surface area (Å²) in [4.78, 5) is 44.0. The SMILES string of the molecule is C=C(C)C(C(=O)OC)N1C(=O)C(NC(=O)COc2ccccc2)C1SS/C(C)=N/c1ccccc1. The summed E-state index contributed by atoms with van der Waals surface area (Å²) in [5.74, 6) is -0.880. The summed E-state index contributed by atoms with van der Waals surface area (Å²) in [7, 11) is 3.95. The first-order valence-electron chi connectivity index (χ1n) is 10.8. The lowest BCUT2D eigenvalue weighted by Gasteiger charge is -2.49. The monoisotopic (exact) mass is 513 g/mol. The Balaban J connectivity index is 1.72. The van der Waals surface area contributed by atoms with Crippen LogP contribution in [-0.4, -0.2) is 58.9 Å². The minimum atomic E-state index is -0.953. The number of methoxy groups -OCH3 is 1. The first-order chi connectivity index (χ1) is 16.8. The predicted molar refractivity (Wildman–Crippen MR) is 140 cm³/mol. The smallest absolute Gasteiger partial charge is 0.332 e. The number of esters is 1. The predicted octanol–water partition coefficient (Wildman–Crippen LogP) is 3.97. The highest BCUT2D eigenvalue weighted by Crippen LogP contribution is 2.41. The minimum absolute atomic E-state index is 0.242. The summed E-state index contributed by atoms with van der Waals surface area (Å²) in [6.07, 6.45) is 0. The Morgan fingerprint density at radius 2 is 1.74 bits per heavy atom. The van der Waals surface area contributed by atoms with Crippen LogP contribution < -0.4 is 10.1 Å². The van der Waals surface area contributed by atoms with Gasteiger partial charge in [-0.15, -0.1) is 0 Å². The molecule has 1 aliphatic heterocycles. The topological polar surface area (TPSA) is 97.3 Å². The van der Waals surface area contributed by atoms with Crippen LogP contribution in [0.5, 0.6) is 5.75 Å². The second-order valence-electron chi connectivity index (χ2n) is 7.70. The van der Waals surface area contributed by atoms with Crippen LogP contribution in [0, 0.1) is 0 Å². The van der Waals surface area contributed by atoms with Gasteiger partial charge in [-0.05, 0) is 54.5 Å². The number of nitrogens with zero attached hydrogens (tertiary/aromatic N) is 2. The molecule has 184 valence electrons. The van der Waals surface area contributed by atoms with Gasteiger partial charge < -0.3 is 19.7 Å². The number of hydrogen-bond acceptors (Lipinski definition) is 8. The Kier molecular flexibility index (Phi) is 9.39. The maximum Gasteiger partial charge on any atom is 0.332 e. The van der Waals surface area contributed by atoms with Gasteiger partial charge in [-0.3, -0.25) is 9.59 Å². The number of para-hydroxylation sites is 2. The molecule has 2 amide bonds. The largest absolute Gasteiger partial charge is 0.484 e. The van der Waals surface area contributed by atoms with Crippen molar-refractivity contribution < 1.29 is 23.9 Å². The van der Waals surface area contributed by atoms with Gasteiger partial charge in [0.25, 0.3) is 5.91 Å². The molecule has 0 radical (unpaired) electrons. The zero-order valence-corrected chi connectivity index (χ0v) is 21.3. The van der Waals surface area contributed by atoms with Crippen LogP contribution in [0.1, 0.15) is 13.8 Å². The number of carbonyl (C=O) groups excluding carboxylic acids is 3. The molecule has 3 atom stereocenters. The number of β-lactam (4-membered cyclic amide) rings is 1. The molecule has 0 saturated carbocycles. The number of nitrogens with one attached hydrogen (secondary N) is 1. The standard InChI is InChI=1S/C25H27N3O5S2/c1-16(2)22(25(31)32-4)28-23(30)21(27-20(29)15-33-19-13-9-6-10-14-19)24(28)35-34-17(3)26-18-11-7-5-8-12-18/h5-14,21-22,24H,1,15H2,2-4H3,(H,27,29)/b26-17+. The van der Waals surface area contributed by atoms with E-state index in [-0.39, 0.29) is 6.61 Å². The van der Waals surface area contributed by atoms with Crippen molar-refractivity contribution in [3.63, 3.8) is 0 Å². The van der Waals surface area contributed by atoms with E-state index < -0.39 is 35.2 Å². The fourth-order valence-corrected chi connectivity index (χ4v) is 5.79. The van der Waals surface area contributed by atoms with E-state index in [2.05, 4.69) is 16.9 Å². The molecule has 2 aromatic rings. The highest BCUT2D eigenvalue weighted by molar-refractivity contribution is 8.82. The molecule has 1 saturated heterocycles. The number of hydrogen-bond donors (Lipinski definition) is 1. The quantitative estimate of drug-likeness (QED) is 0.128. The number of ether oxygens (including phenoxy) is 2. The highest BCUT2D eigenvalue weighted by Gasteiger charge is 2.54. The third-order valence-electron chi connectivity index (χ3n) is 4.99. The number of aliphatic imine (C=N–C) groups is 1. The van der Waals surface area contributed by atoms with E-state index in [1.165, 1.54) is 33.6 Å². The van der Waals surface area contributed by atoms with E-state index in [0.717, 1.165) is 10.7 Å². The van der Waals surface area contributed by atoms with Gasteiger partial charge in [0.1, 0.15) is 17.2 Å². The van der Waals surface area contributed by atoms with Crippen molar-refractivity contribution in [2.45, 2.75) is 31.3 Å². The van der Waals surface area contributed by atoms with Gasteiger partial charge in [-0.25, -0.2) is 9.79 Å². The molecule has 0 aliphatic carbocycles. The summed E-state index contributed by atoms with van der Waals surface area (Å²) in [6.45, 7) is 7.12. The van der Waals surface area contributed by atoms with Crippen molar-refractivity contribution in [1.29, 1.82) is 0 Å². The average Bonchev–Trinajstić information content (AvgIpc) is 2.86. The zero-order chi connectivity index (χ0) is 25.4. The van der Waals surface area contributed by atoms with Crippen LogP contribution >= 0.6 is 21.6 Å². The van der Waals surface area contributed by atoms with Gasteiger partial charge >= 0.3 is 5.97 Å². The number of amides is 2. The van der Waals surface area contributed by atoms with Crippen LogP contribution in [0.15, 0.2) is 77.8 Å². The van der Waals surface area contributed by atoms with E-state index >= 15 is 0 Å². The summed E-state index contributed by atoms with van der Waals surface area (Å²) in [5.41, 5.74) is 1.27. The van der Waals surface area contributed by atoms with Crippen LogP contribution in [0.25, 0.3) is 0 Å². The van der Waals surface area contributed by atoms with Crippen LogP contribution in [0.2, 0.25) is 0 Å². The second kappa shape index (κ2) is 12.5. The van der Waals surface area contributed by atoms with E-state index in [9.17, 15) is 14.4 Å². The van der Waals surface area contributed by atoms with E-state index in [4.69, 9.17) is 9.47 Å². The Morgan fingerprint density at radius 1 is 1.11 bits per heavy atom. The summed E-state index contributed by atoms with van der Waals surface area (Å²) >= 11 is 0. The Labute approximate surface area is 212 Å². The Bertz CT molecular complexity index is 1090. The third-order valence-corrected chi connectivity index (χ3v) is 7.72. The fourth-order valence-electron chi connectivity index (χ4n) is 3.36. The molecule has 3 rings (SSSR count). The van der Waals surface area contributed by atoms with Crippen molar-refractivity contribution in [2.75, 3.05) is 13.7 Å². The van der Waals surface area contributed by atoms with Crippen molar-refractivity contribution in [2.24, 2.45) is 4.99 Å². The molecule has 1 fully saturated rings. The van der Waals surface area contributed by atoms with E-state index in [0.29, 0.717) is 11.3 Å². The molecule has 0 bridgehead atoms. The van der Waals surface area contributed by atoms with Gasteiger partial charge in [0.15, 0.2) is 12.6 Å². The lowest BCUT2D eigenvalue weighted by molar-refractivity contribution is -0.161. The maximum absolute atomic E-state index is 13.1. The molecule has 0 aromatic heterocycles. The third kappa shape index (κ3) is 6.89. The van der Waals surface area contributed by atoms with Gasteiger partial charge in [0.05, 0.1) is 17.8 Å². The first-order valence-corrected chi connectivity index (χ1v) is 13.0. The minimum Gasteiger partial charge on any atom is -0.484 e. The maximum atomic E-state index is 13.1. The molecule has 0 spiro atoms. The van der Waals surface area contributed by atoms with E-state index in [1.54, 1.807) is 31.2 Å². The van der Waals surface area contributed by atoms with Gasteiger partial charge in [-0.2, -0.15) is 0 Å². The molecular weight excluding hydrogens is 486 g/mol. The summed E-state index contributed by atoms with van der Waals surface area (Å²) in [5, 5.41) is 2.94. The van der Waals surface area contributed by atoms with Crippen molar-refractivity contribution in [1.82, 2.24) is 10.2 Å². The number of rotatable bonds is 10. The van der Waals surface area contributed by atoms with Crippen LogP contribution in [0.3, 0.4) is 0 Å². The van der Waals surface area contributed by atoms with Gasteiger partial charge in [0.2, 0.25) is 5.91 Å². The van der Waals surface area contributed by atoms with Gasteiger partial charge in [-0.1, -0.05) is 53.8 Å². The van der Waals surface area contributed by atoms with E-state index in [1.807, 2.05) is 43.3 Å². The van der Waals surface area contributed by atoms with Crippen molar-refractivity contribution in [3.8, 4) is 5.75 Å². The molecule has 35 heavy (non-hydrogen) atoms. The van der Waals surface area contributed by atoms with Crippen molar-refractivity contribution in [3.05, 3.63) is 72.8 Å². The zero-order valence-electron chi connectivity index (χ0n) is 19.7. The molecule has 10 heteroatoms. The molecule has 1 N–H and O–H groups in total. The summed E-state index contributed by atoms with van der Waals surface area (Å²) < 4.78 is 10.4. The molecule has 2 aromatic carbocycles. The van der Waals surface area contributed by atoms with Crippen molar-refractivity contribution >= 4 is 50.1 Å². The molecule has 8 nitrogen and oxygen atoms in total. The lowest BCUT2D eigenvalue weighted by Crippen LogP contribution is -2.73.